The first-order chi connectivity index (χ1) is 14.8. The van der Waals surface area contributed by atoms with Gasteiger partial charge in [-0.25, -0.2) is 8.42 Å². The van der Waals surface area contributed by atoms with Crippen molar-refractivity contribution in [1.29, 1.82) is 0 Å². The molecular weight excluding hydrogens is 490 g/mol. The van der Waals surface area contributed by atoms with Gasteiger partial charge < -0.3 is 19.5 Å². The van der Waals surface area contributed by atoms with Crippen LogP contribution in [0.2, 0.25) is 0 Å². The number of aromatic nitrogens is 3. The predicted octanol–water partition coefficient (Wildman–Crippen LogP) is 1.85. The molecule has 31 heavy (non-hydrogen) atoms. The Kier molecular flexibility index (Phi) is 4.72. The number of sulfonamides is 1. The molecule has 12 heteroatoms. The van der Waals surface area contributed by atoms with E-state index in [1.54, 1.807) is 24.3 Å². The average molecular weight is 506 g/mol. The van der Waals surface area contributed by atoms with Crippen LogP contribution in [0, 0.1) is 5.21 Å². The maximum absolute atomic E-state index is 13.1. The Morgan fingerprint density at radius 3 is 2.71 bits per heavy atom. The minimum Gasteiger partial charge on any atom is -0.708 e. The van der Waals surface area contributed by atoms with Gasteiger partial charge in [0.15, 0.2) is 0 Å². The van der Waals surface area contributed by atoms with Crippen LogP contribution in [0.25, 0.3) is 22.1 Å². The van der Waals surface area contributed by atoms with E-state index in [4.69, 9.17) is 4.42 Å². The summed E-state index contributed by atoms with van der Waals surface area (Å²) in [5.74, 6) is -0.980. The number of hydrogen-bond donors (Lipinski definition) is 1. The molecule has 1 N–H and O–H groups in total. The second-order valence-electron chi connectivity index (χ2n) is 7.09. The number of nitrogens with one attached hydrogen (secondary N) is 1. The van der Waals surface area contributed by atoms with E-state index in [1.165, 1.54) is 15.4 Å². The number of piperazine rings is 1. The molecule has 4 heterocycles. The van der Waals surface area contributed by atoms with Crippen molar-refractivity contribution in [1.82, 2.24) is 19.2 Å². The summed E-state index contributed by atoms with van der Waals surface area (Å²) in [7, 11) is -3.76. The van der Waals surface area contributed by atoms with E-state index in [2.05, 4.69) is 25.9 Å². The number of halogens is 1. The van der Waals surface area contributed by atoms with Gasteiger partial charge in [0, 0.05) is 41.6 Å². The number of rotatable bonds is 3. The van der Waals surface area contributed by atoms with Crippen LogP contribution >= 0.6 is 15.9 Å². The van der Waals surface area contributed by atoms with Crippen LogP contribution in [-0.2, 0) is 10.0 Å². The zero-order chi connectivity index (χ0) is 21.8. The molecule has 1 saturated heterocycles. The van der Waals surface area contributed by atoms with Gasteiger partial charge in [-0.2, -0.15) is 9.04 Å². The highest BCUT2D eigenvalue weighted by molar-refractivity contribution is 9.10. The second-order valence-corrected chi connectivity index (χ2v) is 9.91. The largest absolute Gasteiger partial charge is 0.708 e. The molecule has 3 aromatic heterocycles. The molecular formula is C19H16BrN5O5S. The fourth-order valence-corrected chi connectivity index (χ4v) is 5.42. The van der Waals surface area contributed by atoms with Gasteiger partial charge in [-0.3, -0.25) is 4.79 Å². The van der Waals surface area contributed by atoms with E-state index in [9.17, 15) is 18.4 Å². The topological polar surface area (TPSA) is 126 Å². The predicted molar refractivity (Wildman–Crippen MR) is 114 cm³/mol. The molecule has 0 unspecified atom stereocenters. The summed E-state index contributed by atoms with van der Waals surface area (Å²) in [6.07, 6.45) is 1.44. The van der Waals surface area contributed by atoms with Gasteiger partial charge in [0.1, 0.15) is 11.2 Å². The molecule has 1 amide bonds. The third-order valence-corrected chi connectivity index (χ3v) is 7.53. The number of hydrogen-bond acceptors (Lipinski definition) is 6. The number of fused-ring (bicyclic) bond motifs is 2. The maximum atomic E-state index is 13.1. The number of aromatic amines is 1. The molecule has 0 bridgehead atoms. The lowest BCUT2D eigenvalue weighted by atomic mass is 10.3. The molecule has 160 valence electrons. The average Bonchev–Trinajstić information content (AvgIpc) is 3.35. The molecule has 1 aromatic carbocycles. The van der Waals surface area contributed by atoms with E-state index < -0.39 is 15.9 Å². The molecule has 10 nitrogen and oxygen atoms in total. The van der Waals surface area contributed by atoms with Crippen LogP contribution in [-0.4, -0.2) is 59.7 Å². The van der Waals surface area contributed by atoms with Crippen molar-refractivity contribution in [2.75, 3.05) is 26.2 Å². The summed E-state index contributed by atoms with van der Waals surface area (Å²) in [5.41, 5.74) is 0.958. The summed E-state index contributed by atoms with van der Waals surface area (Å²) >= 11 is 3.38. The van der Waals surface area contributed by atoms with Crippen molar-refractivity contribution in [2.45, 2.75) is 5.03 Å². The van der Waals surface area contributed by atoms with E-state index >= 15 is 0 Å². The van der Waals surface area contributed by atoms with E-state index in [0.29, 0.717) is 10.2 Å². The number of oxazole rings is 1. The highest BCUT2D eigenvalue weighted by atomic mass is 79.9. The summed E-state index contributed by atoms with van der Waals surface area (Å²) in [6, 6.07) is 10.2. The number of carbonyl (C=O) groups is 1. The van der Waals surface area contributed by atoms with Crippen LogP contribution in [0.4, 0.5) is 0 Å². The first-order valence-electron chi connectivity index (χ1n) is 9.39. The number of nitrogens with zero attached hydrogens (tertiary/aromatic N) is 4. The molecule has 0 atom stereocenters. The van der Waals surface area contributed by atoms with Crippen molar-refractivity contribution >= 4 is 54.0 Å². The molecule has 1 aliphatic heterocycles. The Morgan fingerprint density at radius 2 is 1.97 bits per heavy atom. The van der Waals surface area contributed by atoms with Gasteiger partial charge in [-0.05, 0) is 41.4 Å². The highest BCUT2D eigenvalue weighted by Gasteiger charge is 2.34. The molecule has 4 aromatic rings. The monoisotopic (exact) mass is 505 g/mol. The van der Waals surface area contributed by atoms with Gasteiger partial charge in [-0.15, -0.1) is 0 Å². The summed E-state index contributed by atoms with van der Waals surface area (Å²) in [6.45, 7) is 0.470. The zero-order valence-electron chi connectivity index (χ0n) is 16.0. The van der Waals surface area contributed by atoms with Crippen LogP contribution in [0.3, 0.4) is 0 Å². The first kappa shape index (κ1) is 20.0. The zero-order valence-corrected chi connectivity index (χ0v) is 18.4. The van der Waals surface area contributed by atoms with Crippen molar-refractivity contribution < 1.29 is 22.4 Å². The Balaban J connectivity index is 1.34. The molecule has 0 spiro atoms. The van der Waals surface area contributed by atoms with Crippen molar-refractivity contribution in [2.24, 2.45) is 0 Å². The standard InChI is InChI=1S/C19H16BrN5O5S/c20-13-3-4-14-12(10-13)11-16(22-14)31(28,29)24-8-6-23(7-9-24)18(26)19-25(27)17-15(30-19)2-1-5-21-17/h1-5,10-11,22H,6-9H2. The fraction of sp³-hybridized carbons (Fsp3) is 0.211. The molecule has 1 fully saturated rings. The van der Waals surface area contributed by atoms with Gasteiger partial charge in [0.05, 0.1) is 0 Å². The van der Waals surface area contributed by atoms with Gasteiger partial charge >= 0.3 is 17.4 Å². The number of benzene rings is 1. The smallest absolute Gasteiger partial charge is 0.372 e. The number of amides is 1. The molecule has 1 aliphatic rings. The summed E-state index contributed by atoms with van der Waals surface area (Å²) < 4.78 is 34.0. The molecule has 0 aliphatic carbocycles. The first-order valence-corrected chi connectivity index (χ1v) is 11.6. The van der Waals surface area contributed by atoms with Crippen LogP contribution in [0.15, 0.2) is 56.5 Å². The minimum absolute atomic E-state index is 0.0255. The van der Waals surface area contributed by atoms with E-state index in [0.717, 1.165) is 9.86 Å². The number of carbonyl (C=O) groups excluding carboxylic acids is 1. The fourth-order valence-electron chi connectivity index (χ4n) is 3.61. The van der Waals surface area contributed by atoms with E-state index in [-0.39, 0.29) is 48.3 Å². The minimum atomic E-state index is -3.76. The van der Waals surface area contributed by atoms with Gasteiger partial charge in [0.2, 0.25) is 5.58 Å². The Bertz CT molecular complexity index is 1420. The van der Waals surface area contributed by atoms with Crippen LogP contribution < -0.4 is 4.73 Å². The highest BCUT2D eigenvalue weighted by Crippen LogP contribution is 2.25. The van der Waals surface area contributed by atoms with E-state index in [1.807, 2.05) is 12.1 Å². The van der Waals surface area contributed by atoms with Crippen molar-refractivity contribution in [3.8, 4) is 0 Å². The van der Waals surface area contributed by atoms with Crippen LogP contribution in [0.5, 0.6) is 0 Å². The SMILES string of the molecule is O=C(c1oc2cccnc2[n+]1[O-])N1CCN(S(=O)(=O)c2cc3cc(Br)ccc3[nH]2)CC1. The van der Waals surface area contributed by atoms with Crippen molar-refractivity contribution in [3.05, 3.63) is 58.2 Å². The Morgan fingerprint density at radius 1 is 1.19 bits per heavy atom. The normalized spacial score (nSPS) is 15.7. The molecule has 5 rings (SSSR count). The quantitative estimate of drug-likeness (QED) is 0.334. The molecule has 0 saturated carbocycles. The summed E-state index contributed by atoms with van der Waals surface area (Å²) in [5, 5.41) is 13.2. The van der Waals surface area contributed by atoms with Crippen molar-refractivity contribution in [3.63, 3.8) is 0 Å². The Hall–Kier alpha value is -2.96. The second kappa shape index (κ2) is 7.32. The third-order valence-electron chi connectivity index (χ3n) is 5.22. The number of H-pyrrole nitrogens is 1. The summed E-state index contributed by atoms with van der Waals surface area (Å²) in [4.78, 5) is 21.0. The third kappa shape index (κ3) is 3.36. The Labute approximate surface area is 184 Å². The number of pyridine rings is 1. The van der Waals surface area contributed by atoms with Gasteiger partial charge in [0.25, 0.3) is 10.0 Å². The van der Waals surface area contributed by atoms with Gasteiger partial charge in [-0.1, -0.05) is 15.9 Å². The lowest BCUT2D eigenvalue weighted by molar-refractivity contribution is -0.588. The lowest BCUT2D eigenvalue weighted by Gasteiger charge is -2.32. The van der Waals surface area contributed by atoms with Crippen LogP contribution in [0.1, 0.15) is 10.7 Å². The molecule has 0 radical (unpaired) electrons. The lowest BCUT2D eigenvalue weighted by Crippen LogP contribution is -2.52. The maximum Gasteiger partial charge on any atom is 0.372 e.